The summed E-state index contributed by atoms with van der Waals surface area (Å²) >= 11 is 0. The second-order valence-electron chi connectivity index (χ2n) is 19.4. The number of nitrogens with one attached hydrogen (secondary N) is 6. The van der Waals surface area contributed by atoms with Crippen LogP contribution in [-0.2, 0) is 57.2 Å². The second-order valence-corrected chi connectivity index (χ2v) is 19.4. The van der Waals surface area contributed by atoms with Crippen molar-refractivity contribution in [3.05, 3.63) is 0 Å². The van der Waals surface area contributed by atoms with Gasteiger partial charge >= 0.3 is 0 Å². The van der Waals surface area contributed by atoms with Gasteiger partial charge in [0.15, 0.2) is 0 Å². The Morgan fingerprint density at radius 3 is 1.23 bits per heavy atom. The van der Waals surface area contributed by atoms with Gasteiger partial charge in [-0.1, -0.05) is 130 Å². The van der Waals surface area contributed by atoms with Crippen LogP contribution in [0, 0.1) is 5.92 Å². The maximum Gasteiger partial charge on any atom is 0.246 e. The SMILES string of the molecule is CCCCCCCCCCCC(=O)NCCCCOCC(=O)N[C@@H](CCCCNC(=O)COCCOCCNC(=O)CCCCCCCCCCC)C(=O)NCCOCCOCC(=O)NCCCC[C@H](C)C(N)=O. The molecule has 0 saturated heterocycles. The molecule has 0 aliphatic heterocycles. The van der Waals surface area contributed by atoms with Crippen molar-refractivity contribution < 1.29 is 57.2 Å². The average molecular weight is 1060 g/mol. The lowest BCUT2D eigenvalue weighted by molar-refractivity contribution is -0.131. The molecule has 19 nitrogen and oxygen atoms in total. The smallest absolute Gasteiger partial charge is 0.246 e. The Morgan fingerprint density at radius 2 is 0.743 bits per heavy atom. The molecular weight excluding hydrogens is 951 g/mol. The number of primary amides is 1. The van der Waals surface area contributed by atoms with Crippen molar-refractivity contribution in [1.82, 2.24) is 31.9 Å². The standard InChI is InChI=1S/C55H105N7O12/c1-4-6-8-10-12-14-16-18-20-30-49(63)57-34-26-27-37-72-46-53(67)62-48(55(69)61-36-39-71-41-43-74-44-51(65)58-32-24-22-28-47(3)54(56)68)29-23-25-33-59-52(66)45-73-42-40-70-38-35-60-50(64)31-21-19-17-15-13-11-9-7-5-2/h47-48H,4-46H2,1-3H3,(H2,56,68)(H,57,63)(H,58,65)(H,59,66)(H,60,64)(H,61,69)(H,62,67)/t47-,48-/m0/s1. The second kappa shape index (κ2) is 53.9. The molecule has 0 bridgehead atoms. The molecule has 0 heterocycles. The number of carbonyl (C=O) groups excluding carboxylic acids is 7. The summed E-state index contributed by atoms with van der Waals surface area (Å²) in [5, 5.41) is 17.0. The fourth-order valence-electron chi connectivity index (χ4n) is 7.75. The van der Waals surface area contributed by atoms with E-state index in [1.165, 1.54) is 89.9 Å². The predicted octanol–water partition coefficient (Wildman–Crippen LogP) is 6.22. The van der Waals surface area contributed by atoms with E-state index in [0.29, 0.717) is 90.9 Å². The predicted molar refractivity (Wildman–Crippen MR) is 290 cm³/mol. The minimum atomic E-state index is -0.840. The first-order chi connectivity index (χ1) is 36.0. The molecular formula is C55H105N7O12. The summed E-state index contributed by atoms with van der Waals surface area (Å²) in [5.74, 6) is -1.75. The summed E-state index contributed by atoms with van der Waals surface area (Å²) in [4.78, 5) is 85.8. The lowest BCUT2D eigenvalue weighted by Gasteiger charge is -2.19. The lowest BCUT2D eigenvalue weighted by Crippen LogP contribution is -2.48. The topological polar surface area (TPSA) is 264 Å². The van der Waals surface area contributed by atoms with Crippen molar-refractivity contribution in [3.63, 3.8) is 0 Å². The molecule has 0 aromatic heterocycles. The van der Waals surface area contributed by atoms with Crippen LogP contribution in [-0.4, -0.2) is 146 Å². The first-order valence-corrected chi connectivity index (χ1v) is 28.8. The molecule has 0 saturated carbocycles. The Bertz CT molecular complexity index is 1410. The van der Waals surface area contributed by atoms with Crippen molar-refractivity contribution in [2.75, 3.05) is 98.8 Å². The van der Waals surface area contributed by atoms with Gasteiger partial charge in [-0.2, -0.15) is 0 Å². The van der Waals surface area contributed by atoms with E-state index >= 15 is 0 Å². The number of hydrogen-bond donors (Lipinski definition) is 7. The van der Waals surface area contributed by atoms with Crippen molar-refractivity contribution in [2.45, 2.75) is 207 Å². The number of ether oxygens (including phenoxy) is 5. The van der Waals surface area contributed by atoms with Crippen LogP contribution in [0.3, 0.4) is 0 Å². The Labute approximate surface area is 446 Å². The molecule has 432 valence electrons. The maximum atomic E-state index is 13.2. The van der Waals surface area contributed by atoms with Crippen LogP contribution in [0.5, 0.6) is 0 Å². The fraction of sp³-hybridized carbons (Fsp3) is 0.873. The molecule has 0 unspecified atom stereocenters. The highest BCUT2D eigenvalue weighted by atomic mass is 16.5. The summed E-state index contributed by atoms with van der Waals surface area (Å²) in [6.45, 7) is 9.58. The van der Waals surface area contributed by atoms with Crippen LogP contribution in [0.2, 0.25) is 0 Å². The van der Waals surface area contributed by atoms with Crippen LogP contribution in [0.25, 0.3) is 0 Å². The zero-order valence-electron chi connectivity index (χ0n) is 46.5. The first kappa shape index (κ1) is 70.1. The van der Waals surface area contributed by atoms with E-state index < -0.39 is 11.9 Å². The van der Waals surface area contributed by atoms with Crippen LogP contribution in [0.15, 0.2) is 0 Å². The third-order valence-corrected chi connectivity index (χ3v) is 12.4. The van der Waals surface area contributed by atoms with E-state index in [9.17, 15) is 33.6 Å². The molecule has 8 N–H and O–H groups in total. The third-order valence-electron chi connectivity index (χ3n) is 12.4. The quantitative estimate of drug-likeness (QED) is 0.0335. The molecule has 0 rings (SSSR count). The lowest BCUT2D eigenvalue weighted by atomic mass is 10.0. The van der Waals surface area contributed by atoms with Gasteiger partial charge in [-0.3, -0.25) is 33.6 Å². The first-order valence-electron chi connectivity index (χ1n) is 28.8. The average Bonchev–Trinajstić information content (AvgIpc) is 3.38. The summed E-state index contributed by atoms with van der Waals surface area (Å²) < 4.78 is 27.4. The van der Waals surface area contributed by atoms with Gasteiger partial charge in [0.05, 0.1) is 39.6 Å². The van der Waals surface area contributed by atoms with Crippen LogP contribution < -0.4 is 37.6 Å². The van der Waals surface area contributed by atoms with E-state index in [1.54, 1.807) is 6.92 Å². The van der Waals surface area contributed by atoms with Gasteiger partial charge in [-0.25, -0.2) is 0 Å². The molecule has 0 radical (unpaired) electrons. The number of rotatable bonds is 56. The largest absolute Gasteiger partial charge is 0.377 e. The molecule has 19 heteroatoms. The Balaban J connectivity index is 4.44. The van der Waals surface area contributed by atoms with Crippen molar-refractivity contribution in [3.8, 4) is 0 Å². The van der Waals surface area contributed by atoms with Crippen LogP contribution in [0.4, 0.5) is 0 Å². The van der Waals surface area contributed by atoms with Gasteiger partial charge in [0.2, 0.25) is 41.4 Å². The highest BCUT2D eigenvalue weighted by molar-refractivity contribution is 5.88. The molecule has 0 fully saturated rings. The summed E-state index contributed by atoms with van der Waals surface area (Å²) in [6, 6.07) is -0.840. The molecule has 7 amide bonds. The number of unbranched alkanes of at least 4 members (excludes halogenated alkanes) is 19. The maximum absolute atomic E-state index is 13.2. The van der Waals surface area contributed by atoms with Gasteiger partial charge in [0.1, 0.15) is 25.9 Å². The molecule has 74 heavy (non-hydrogen) atoms. The van der Waals surface area contributed by atoms with Gasteiger partial charge in [-0.15, -0.1) is 0 Å². The Kier molecular flexibility index (Phi) is 51.1. The van der Waals surface area contributed by atoms with E-state index in [4.69, 9.17) is 29.4 Å². The monoisotopic (exact) mass is 1060 g/mol. The van der Waals surface area contributed by atoms with Gasteiger partial charge in [-0.05, 0) is 57.8 Å². The van der Waals surface area contributed by atoms with Crippen molar-refractivity contribution >= 4 is 41.4 Å². The van der Waals surface area contributed by atoms with E-state index in [1.807, 2.05) is 0 Å². The molecule has 0 aromatic carbocycles. The van der Waals surface area contributed by atoms with Crippen LogP contribution >= 0.6 is 0 Å². The third kappa shape index (κ3) is 50.3. The number of amides is 7. The minimum absolute atomic E-state index is 0.0403. The number of hydrogen-bond acceptors (Lipinski definition) is 12. The molecule has 0 aliphatic rings. The van der Waals surface area contributed by atoms with E-state index in [-0.39, 0.29) is 94.2 Å². The molecule has 2 atom stereocenters. The zero-order valence-corrected chi connectivity index (χ0v) is 46.5. The van der Waals surface area contributed by atoms with Crippen LogP contribution in [0.1, 0.15) is 201 Å². The normalized spacial score (nSPS) is 11.9. The van der Waals surface area contributed by atoms with Crippen molar-refractivity contribution in [1.29, 1.82) is 0 Å². The summed E-state index contributed by atoms with van der Waals surface area (Å²) in [5.41, 5.74) is 5.27. The van der Waals surface area contributed by atoms with Gasteiger partial charge < -0.3 is 61.3 Å². The number of carbonyl (C=O) groups is 7. The minimum Gasteiger partial charge on any atom is -0.377 e. The molecule has 0 spiro atoms. The summed E-state index contributed by atoms with van der Waals surface area (Å²) in [7, 11) is 0. The summed E-state index contributed by atoms with van der Waals surface area (Å²) in [6.07, 6.45) is 27.8. The zero-order chi connectivity index (χ0) is 54.4. The number of nitrogens with two attached hydrogens (primary N) is 1. The highest BCUT2D eigenvalue weighted by Gasteiger charge is 2.20. The van der Waals surface area contributed by atoms with Gasteiger partial charge in [0.25, 0.3) is 0 Å². The molecule has 0 aromatic rings. The Hall–Kier alpha value is -3.91. The van der Waals surface area contributed by atoms with Crippen molar-refractivity contribution in [2.24, 2.45) is 11.7 Å². The van der Waals surface area contributed by atoms with E-state index in [2.05, 4.69) is 45.7 Å². The van der Waals surface area contributed by atoms with E-state index in [0.717, 1.165) is 44.9 Å². The highest BCUT2D eigenvalue weighted by Crippen LogP contribution is 2.12. The molecule has 0 aliphatic carbocycles. The fourth-order valence-corrected chi connectivity index (χ4v) is 7.75. The Morgan fingerprint density at radius 1 is 0.365 bits per heavy atom. The van der Waals surface area contributed by atoms with Gasteiger partial charge in [0, 0.05) is 58.1 Å².